The SMILES string of the molecule is O=C(O[C@@H]1O[C@H](C(=O)O)[C@@H](O)[C@H](O)[C@H]1O)c1c[nH]c2cc(F)c(-c3ccc([C@@H]4CCCCO4)cc3)c(F)c12. The minimum atomic E-state index is -2.00. The fourth-order valence-electron chi connectivity index (χ4n) is 4.83. The summed E-state index contributed by atoms with van der Waals surface area (Å²) in [6, 6.07) is 7.63. The molecular weight excluding hydrogens is 508 g/mol. The number of halogens is 2. The normalized spacial score (nSPS) is 27.8. The third kappa shape index (κ3) is 4.65. The van der Waals surface area contributed by atoms with Gasteiger partial charge in [-0.2, -0.15) is 0 Å². The minimum Gasteiger partial charge on any atom is -0.479 e. The van der Waals surface area contributed by atoms with E-state index in [1.807, 2.05) is 0 Å². The Balaban J connectivity index is 1.44. The highest BCUT2D eigenvalue weighted by atomic mass is 19.1. The summed E-state index contributed by atoms with van der Waals surface area (Å²) < 4.78 is 46.5. The van der Waals surface area contributed by atoms with E-state index in [4.69, 9.17) is 19.3 Å². The topological polar surface area (TPSA) is 159 Å². The highest BCUT2D eigenvalue weighted by molar-refractivity contribution is 6.05. The lowest BCUT2D eigenvalue weighted by Gasteiger charge is -2.37. The molecule has 0 aliphatic carbocycles. The monoisotopic (exact) mass is 533 g/mol. The Bertz CT molecular complexity index is 1350. The number of carbonyl (C=O) groups is 2. The van der Waals surface area contributed by atoms with Crippen molar-refractivity contribution < 1.29 is 53.0 Å². The Hall–Kier alpha value is -3.42. The predicted octanol–water partition coefficient (Wildman–Crippen LogP) is 2.40. The molecule has 2 fully saturated rings. The number of carbonyl (C=O) groups excluding carboxylic acids is 1. The number of aromatic amines is 1. The number of aliphatic hydroxyl groups excluding tert-OH is 3. The Kier molecular flexibility index (Phi) is 7.16. The van der Waals surface area contributed by atoms with E-state index in [9.17, 15) is 29.3 Å². The summed E-state index contributed by atoms with van der Waals surface area (Å²) in [6.45, 7) is 0.651. The molecule has 1 aromatic heterocycles. The average Bonchev–Trinajstić information content (AvgIpc) is 3.34. The maximum Gasteiger partial charge on any atom is 0.342 e. The highest BCUT2D eigenvalue weighted by Gasteiger charge is 2.48. The third-order valence-corrected chi connectivity index (χ3v) is 6.87. The summed E-state index contributed by atoms with van der Waals surface area (Å²) in [5, 5.41) is 38.7. The fourth-order valence-corrected chi connectivity index (χ4v) is 4.83. The molecule has 38 heavy (non-hydrogen) atoms. The molecule has 2 aliphatic rings. The van der Waals surface area contributed by atoms with E-state index in [-0.39, 0.29) is 33.7 Å². The van der Waals surface area contributed by atoms with Crippen LogP contribution in [-0.2, 0) is 19.0 Å². The lowest BCUT2D eigenvalue weighted by Crippen LogP contribution is -2.60. The predicted molar refractivity (Wildman–Crippen MR) is 126 cm³/mol. The molecular formula is C26H25F2NO9. The van der Waals surface area contributed by atoms with Gasteiger partial charge in [0.1, 0.15) is 29.9 Å². The Morgan fingerprint density at radius 3 is 2.42 bits per heavy atom. The van der Waals surface area contributed by atoms with Gasteiger partial charge in [-0.05, 0) is 36.5 Å². The molecule has 0 spiro atoms. The Labute approximate surface area is 214 Å². The number of esters is 1. The maximum atomic E-state index is 15.7. The number of aliphatic carboxylic acids is 1. The van der Waals surface area contributed by atoms with Crippen molar-refractivity contribution in [3.05, 3.63) is 59.3 Å². The Morgan fingerprint density at radius 2 is 1.76 bits per heavy atom. The van der Waals surface area contributed by atoms with Crippen molar-refractivity contribution in [2.75, 3.05) is 6.61 Å². The van der Waals surface area contributed by atoms with Gasteiger partial charge < -0.3 is 39.6 Å². The molecule has 2 aromatic carbocycles. The standard InChI is InChI=1S/C26H25F2NO9/c27-14-9-15-18(19(28)17(14)12-6-4-11(5-7-12)16-3-1-2-8-36-16)13(10-29-15)25(35)38-26-22(32)20(30)21(31)23(37-26)24(33)34/h4-7,9-10,16,20-23,26,29-32H,1-3,8H2,(H,33,34)/t16-,20-,21-,22+,23-,26-/m0/s1. The number of fused-ring (bicyclic) bond motifs is 1. The largest absolute Gasteiger partial charge is 0.479 e. The number of benzene rings is 2. The zero-order valence-electron chi connectivity index (χ0n) is 19.8. The van der Waals surface area contributed by atoms with Crippen molar-refractivity contribution in [2.24, 2.45) is 0 Å². The smallest absolute Gasteiger partial charge is 0.342 e. The molecule has 5 rings (SSSR count). The van der Waals surface area contributed by atoms with Crippen LogP contribution >= 0.6 is 0 Å². The first-order chi connectivity index (χ1) is 18.2. The number of H-pyrrole nitrogens is 1. The van der Waals surface area contributed by atoms with E-state index < -0.39 is 54.3 Å². The van der Waals surface area contributed by atoms with E-state index >= 15 is 4.39 Å². The zero-order valence-corrected chi connectivity index (χ0v) is 19.8. The quantitative estimate of drug-likeness (QED) is 0.311. The molecule has 10 nitrogen and oxygen atoms in total. The van der Waals surface area contributed by atoms with Gasteiger partial charge in [0.25, 0.3) is 0 Å². The fraction of sp³-hybridized carbons (Fsp3) is 0.385. The molecule has 3 heterocycles. The summed E-state index contributed by atoms with van der Waals surface area (Å²) in [5.74, 6) is -4.82. The van der Waals surface area contributed by atoms with E-state index in [2.05, 4.69) is 4.98 Å². The van der Waals surface area contributed by atoms with Crippen molar-refractivity contribution in [3.8, 4) is 11.1 Å². The van der Waals surface area contributed by atoms with Crippen LogP contribution in [0, 0.1) is 11.6 Å². The van der Waals surface area contributed by atoms with Crippen LogP contribution in [0.25, 0.3) is 22.0 Å². The molecule has 3 aromatic rings. The summed E-state index contributed by atoms with van der Waals surface area (Å²) in [4.78, 5) is 26.8. The first kappa shape index (κ1) is 26.2. The van der Waals surface area contributed by atoms with Crippen molar-refractivity contribution in [3.63, 3.8) is 0 Å². The van der Waals surface area contributed by atoms with Gasteiger partial charge in [0.2, 0.25) is 6.29 Å². The maximum absolute atomic E-state index is 15.7. The van der Waals surface area contributed by atoms with E-state index in [0.717, 1.165) is 37.1 Å². The molecule has 0 unspecified atom stereocenters. The summed E-state index contributed by atoms with van der Waals surface area (Å²) in [6.07, 6.45) is -6.09. The first-order valence-electron chi connectivity index (χ1n) is 12.0. The summed E-state index contributed by atoms with van der Waals surface area (Å²) in [7, 11) is 0. The minimum absolute atomic E-state index is 0.0492. The van der Waals surface area contributed by atoms with E-state index in [1.54, 1.807) is 24.3 Å². The van der Waals surface area contributed by atoms with Crippen LogP contribution in [-0.4, -0.2) is 74.7 Å². The molecule has 2 saturated heterocycles. The van der Waals surface area contributed by atoms with Gasteiger partial charge in [0, 0.05) is 12.8 Å². The summed E-state index contributed by atoms with van der Waals surface area (Å²) in [5.41, 5.74) is 0.315. The third-order valence-electron chi connectivity index (χ3n) is 6.87. The molecule has 6 atom stereocenters. The van der Waals surface area contributed by atoms with Crippen molar-refractivity contribution in [2.45, 2.75) is 56.1 Å². The number of aliphatic hydroxyl groups is 3. The number of aromatic nitrogens is 1. The second-order valence-corrected chi connectivity index (χ2v) is 9.29. The second kappa shape index (κ2) is 10.4. The molecule has 5 N–H and O–H groups in total. The molecule has 0 amide bonds. The number of rotatable bonds is 5. The van der Waals surface area contributed by atoms with Crippen LogP contribution in [0.5, 0.6) is 0 Å². The van der Waals surface area contributed by atoms with Crippen LogP contribution in [0.15, 0.2) is 36.5 Å². The molecule has 202 valence electrons. The van der Waals surface area contributed by atoms with Gasteiger partial charge in [-0.1, -0.05) is 24.3 Å². The van der Waals surface area contributed by atoms with Gasteiger partial charge in [0.05, 0.1) is 28.1 Å². The van der Waals surface area contributed by atoms with E-state index in [0.29, 0.717) is 6.61 Å². The zero-order chi connectivity index (χ0) is 27.1. The highest BCUT2D eigenvalue weighted by Crippen LogP contribution is 2.36. The van der Waals surface area contributed by atoms with Gasteiger partial charge in [0.15, 0.2) is 6.10 Å². The van der Waals surface area contributed by atoms with Crippen LogP contribution in [0.1, 0.15) is 41.3 Å². The lowest BCUT2D eigenvalue weighted by molar-refractivity contribution is -0.278. The van der Waals surface area contributed by atoms with Gasteiger partial charge in [-0.15, -0.1) is 0 Å². The number of hydrogen-bond donors (Lipinski definition) is 5. The first-order valence-corrected chi connectivity index (χ1v) is 12.0. The van der Waals surface area contributed by atoms with Crippen molar-refractivity contribution in [1.82, 2.24) is 4.98 Å². The summed E-state index contributed by atoms with van der Waals surface area (Å²) >= 11 is 0. The average molecular weight is 533 g/mol. The van der Waals surface area contributed by atoms with Crippen molar-refractivity contribution >= 4 is 22.8 Å². The lowest BCUT2D eigenvalue weighted by atomic mass is 9.96. The number of ether oxygens (including phenoxy) is 3. The molecule has 0 saturated carbocycles. The van der Waals surface area contributed by atoms with E-state index in [1.165, 1.54) is 0 Å². The van der Waals surface area contributed by atoms with Crippen LogP contribution < -0.4 is 0 Å². The van der Waals surface area contributed by atoms with Crippen LogP contribution in [0.2, 0.25) is 0 Å². The van der Waals surface area contributed by atoms with Gasteiger partial charge in [-0.25, -0.2) is 18.4 Å². The number of carboxylic acids is 1. The molecule has 0 radical (unpaired) electrons. The number of hydrogen-bond acceptors (Lipinski definition) is 8. The Morgan fingerprint density at radius 1 is 1.03 bits per heavy atom. The van der Waals surface area contributed by atoms with Crippen molar-refractivity contribution in [1.29, 1.82) is 0 Å². The van der Waals surface area contributed by atoms with Gasteiger partial charge >= 0.3 is 11.9 Å². The second-order valence-electron chi connectivity index (χ2n) is 9.29. The molecule has 0 bridgehead atoms. The number of nitrogens with one attached hydrogen (secondary N) is 1. The van der Waals surface area contributed by atoms with Crippen LogP contribution in [0.3, 0.4) is 0 Å². The molecule has 12 heteroatoms. The number of carboxylic acid groups (broad SMARTS) is 1. The van der Waals surface area contributed by atoms with Crippen LogP contribution in [0.4, 0.5) is 8.78 Å². The van der Waals surface area contributed by atoms with Gasteiger partial charge in [-0.3, -0.25) is 0 Å². The molecule has 2 aliphatic heterocycles.